The molecule has 2 aliphatic rings. The monoisotopic (exact) mass is 366 g/mol. The lowest BCUT2D eigenvalue weighted by atomic mass is 10.0. The van der Waals surface area contributed by atoms with Crippen molar-refractivity contribution in [2.45, 2.75) is 18.9 Å². The van der Waals surface area contributed by atoms with Gasteiger partial charge in [-0.3, -0.25) is 4.79 Å². The van der Waals surface area contributed by atoms with Crippen molar-refractivity contribution < 1.29 is 9.53 Å². The number of amides is 1. The van der Waals surface area contributed by atoms with Gasteiger partial charge in [-0.05, 0) is 48.9 Å². The second kappa shape index (κ2) is 7.01. The van der Waals surface area contributed by atoms with Gasteiger partial charge in [0.2, 0.25) is 5.69 Å². The highest BCUT2D eigenvalue weighted by molar-refractivity contribution is 6.33. The van der Waals surface area contributed by atoms with Crippen molar-refractivity contribution in [3.05, 3.63) is 70.5 Å². The minimum Gasteiger partial charge on any atom is -0.490 e. The van der Waals surface area contributed by atoms with E-state index in [1.54, 1.807) is 18.2 Å². The highest BCUT2D eigenvalue weighted by Gasteiger charge is 2.43. The number of hydrogen-bond acceptors (Lipinski definition) is 2. The second-order valence-corrected chi connectivity index (χ2v) is 7.44. The summed E-state index contributed by atoms with van der Waals surface area (Å²) < 4.78 is 6.08. The molecular weight excluding hydrogens is 348 g/mol. The van der Waals surface area contributed by atoms with Crippen molar-refractivity contribution in [1.29, 1.82) is 0 Å². The molecule has 1 amide bonds. The molecule has 0 aromatic heterocycles. The normalized spacial score (nSPS) is 24.2. The lowest BCUT2D eigenvalue weighted by Gasteiger charge is -2.20. The van der Waals surface area contributed by atoms with Crippen LogP contribution < -0.4 is 4.74 Å². The molecule has 0 N–H and O–H groups in total. The topological polar surface area (TPSA) is 33.9 Å². The fraction of sp³-hybridized carbons (Fsp3) is 0.333. The van der Waals surface area contributed by atoms with Crippen molar-refractivity contribution in [3.63, 3.8) is 0 Å². The number of carbonyl (C=O) groups is 1. The number of ether oxygens (including phenoxy) is 1. The fourth-order valence-corrected chi connectivity index (χ4v) is 4.33. The number of rotatable bonds is 3. The van der Waals surface area contributed by atoms with Crippen LogP contribution in [0.5, 0.6) is 5.75 Å². The third-order valence-corrected chi connectivity index (χ3v) is 5.66. The van der Waals surface area contributed by atoms with E-state index in [1.165, 1.54) is 0 Å². The molecule has 1 saturated carbocycles. The van der Waals surface area contributed by atoms with Crippen LogP contribution in [-0.2, 0) is 0 Å². The molecule has 4 rings (SSSR count). The molecule has 1 heterocycles. The highest BCUT2D eigenvalue weighted by atomic mass is 35.5. The van der Waals surface area contributed by atoms with Crippen molar-refractivity contribution in [1.82, 2.24) is 4.90 Å². The van der Waals surface area contributed by atoms with Gasteiger partial charge in [0.05, 0.1) is 17.7 Å². The smallest absolute Gasteiger partial charge is 0.253 e. The molecule has 2 aromatic rings. The predicted molar refractivity (Wildman–Crippen MR) is 101 cm³/mol. The lowest BCUT2D eigenvalue weighted by Crippen LogP contribution is -2.30. The first-order valence-electron chi connectivity index (χ1n) is 8.82. The standard InChI is InChI=1S/C21H19ClN2O2/c1-23-20-8-7-17(11-19(20)22)26-18-9-15-12-24(13-16(15)10-18)21(25)14-5-3-2-4-6-14/h2-8,11,15-16,18H,9-10,12-13H2. The molecule has 1 saturated heterocycles. The molecule has 2 aromatic carbocycles. The maximum absolute atomic E-state index is 12.6. The first-order valence-corrected chi connectivity index (χ1v) is 9.20. The third kappa shape index (κ3) is 3.27. The van der Waals surface area contributed by atoms with Crippen LogP contribution in [0.2, 0.25) is 5.02 Å². The summed E-state index contributed by atoms with van der Waals surface area (Å²) in [5, 5.41) is 0.426. The minimum atomic E-state index is 0.124. The number of benzene rings is 2. The first-order chi connectivity index (χ1) is 12.6. The van der Waals surface area contributed by atoms with Gasteiger partial charge in [0, 0.05) is 18.7 Å². The summed E-state index contributed by atoms with van der Waals surface area (Å²) in [6.07, 6.45) is 2.05. The van der Waals surface area contributed by atoms with E-state index in [4.69, 9.17) is 22.9 Å². The van der Waals surface area contributed by atoms with Gasteiger partial charge in [-0.2, -0.15) is 0 Å². The van der Waals surface area contributed by atoms with Crippen molar-refractivity contribution >= 4 is 23.2 Å². The Bertz CT molecular complexity index is 848. The Balaban J connectivity index is 1.36. The molecule has 132 valence electrons. The number of likely N-dealkylation sites (tertiary alicyclic amines) is 1. The van der Waals surface area contributed by atoms with Gasteiger partial charge in [-0.15, -0.1) is 0 Å². The van der Waals surface area contributed by atoms with Crippen LogP contribution in [0.3, 0.4) is 0 Å². The van der Waals surface area contributed by atoms with Crippen LogP contribution in [0.25, 0.3) is 4.85 Å². The number of halogens is 1. The molecule has 0 radical (unpaired) electrons. The van der Waals surface area contributed by atoms with Gasteiger partial charge in [-0.25, -0.2) is 4.85 Å². The third-order valence-electron chi connectivity index (χ3n) is 5.36. The second-order valence-electron chi connectivity index (χ2n) is 7.03. The van der Waals surface area contributed by atoms with Crippen molar-refractivity contribution in [2.24, 2.45) is 11.8 Å². The summed E-state index contributed by atoms with van der Waals surface area (Å²) in [7, 11) is 0. The zero-order valence-electron chi connectivity index (χ0n) is 14.3. The first kappa shape index (κ1) is 16.9. The maximum Gasteiger partial charge on any atom is 0.253 e. The number of hydrogen-bond donors (Lipinski definition) is 0. The average molecular weight is 367 g/mol. The molecule has 1 aliphatic carbocycles. The van der Waals surface area contributed by atoms with Crippen molar-refractivity contribution in [3.8, 4) is 5.75 Å². The average Bonchev–Trinajstić information content (AvgIpc) is 3.20. The molecule has 0 bridgehead atoms. The number of carbonyl (C=O) groups excluding carboxylic acids is 1. The van der Waals surface area contributed by atoms with E-state index in [1.807, 2.05) is 35.2 Å². The number of fused-ring (bicyclic) bond motifs is 1. The van der Waals surface area contributed by atoms with Crippen LogP contribution in [0.4, 0.5) is 5.69 Å². The SMILES string of the molecule is [C-]#[N+]c1ccc(OC2CC3CN(C(=O)c4ccccc4)CC3C2)cc1Cl. The van der Waals surface area contributed by atoms with E-state index >= 15 is 0 Å². The van der Waals surface area contributed by atoms with Gasteiger partial charge >= 0.3 is 0 Å². The van der Waals surface area contributed by atoms with Crippen LogP contribution in [0.15, 0.2) is 48.5 Å². The molecule has 26 heavy (non-hydrogen) atoms. The largest absolute Gasteiger partial charge is 0.490 e. The van der Waals surface area contributed by atoms with Crippen molar-refractivity contribution in [2.75, 3.05) is 13.1 Å². The Morgan fingerprint density at radius 2 is 1.81 bits per heavy atom. The quantitative estimate of drug-likeness (QED) is 0.730. The molecular formula is C21H19ClN2O2. The molecule has 2 fully saturated rings. The van der Waals surface area contributed by atoms with Gasteiger partial charge < -0.3 is 9.64 Å². The molecule has 2 atom stereocenters. The summed E-state index contributed by atoms with van der Waals surface area (Å²) in [4.78, 5) is 17.9. The van der Waals surface area contributed by atoms with Crippen LogP contribution in [0.1, 0.15) is 23.2 Å². The predicted octanol–water partition coefficient (Wildman–Crippen LogP) is 4.82. The Labute approximate surface area is 158 Å². The molecule has 5 heteroatoms. The number of nitrogens with zero attached hydrogens (tertiary/aromatic N) is 2. The Hall–Kier alpha value is -2.51. The summed E-state index contributed by atoms with van der Waals surface area (Å²) >= 11 is 6.09. The summed E-state index contributed by atoms with van der Waals surface area (Å²) in [5.74, 6) is 1.82. The van der Waals surface area contributed by atoms with Gasteiger partial charge in [-0.1, -0.05) is 35.9 Å². The molecule has 1 aliphatic heterocycles. The summed E-state index contributed by atoms with van der Waals surface area (Å²) in [5.41, 5.74) is 1.20. The van der Waals surface area contributed by atoms with Crippen LogP contribution in [0, 0.1) is 18.4 Å². The zero-order valence-corrected chi connectivity index (χ0v) is 15.0. The Kier molecular flexibility index (Phi) is 4.57. The zero-order chi connectivity index (χ0) is 18.1. The van der Waals surface area contributed by atoms with Gasteiger partial charge in [0.1, 0.15) is 5.75 Å². The summed E-state index contributed by atoms with van der Waals surface area (Å²) in [6, 6.07) is 14.7. The maximum atomic E-state index is 12.6. The van der Waals surface area contributed by atoms with Gasteiger partial charge in [0.25, 0.3) is 5.91 Å². The molecule has 4 nitrogen and oxygen atoms in total. The highest BCUT2D eigenvalue weighted by Crippen LogP contribution is 2.40. The Morgan fingerprint density at radius 1 is 1.12 bits per heavy atom. The van der Waals surface area contributed by atoms with E-state index < -0.39 is 0 Å². The lowest BCUT2D eigenvalue weighted by molar-refractivity contribution is 0.0770. The van der Waals surface area contributed by atoms with E-state index in [-0.39, 0.29) is 12.0 Å². The van der Waals surface area contributed by atoms with Crippen LogP contribution >= 0.6 is 11.6 Å². The Morgan fingerprint density at radius 3 is 2.42 bits per heavy atom. The van der Waals surface area contributed by atoms with E-state index in [9.17, 15) is 4.79 Å². The molecule has 0 spiro atoms. The molecule has 2 unspecified atom stereocenters. The summed E-state index contributed by atoms with van der Waals surface area (Å²) in [6.45, 7) is 8.65. The fourth-order valence-electron chi connectivity index (χ4n) is 4.11. The minimum absolute atomic E-state index is 0.124. The van der Waals surface area contributed by atoms with Gasteiger partial charge in [0.15, 0.2) is 0 Å². The van der Waals surface area contributed by atoms with E-state index in [2.05, 4.69) is 4.85 Å². The van der Waals surface area contributed by atoms with Crippen LogP contribution in [-0.4, -0.2) is 30.0 Å². The van der Waals surface area contributed by atoms with E-state index in [0.717, 1.165) is 31.5 Å². The van der Waals surface area contributed by atoms with E-state index in [0.29, 0.717) is 28.3 Å².